The molecular weight excluding hydrogens is 437 g/mol. The van der Waals surface area contributed by atoms with Crippen LogP contribution in [0.15, 0.2) is 9.52 Å². The van der Waals surface area contributed by atoms with E-state index in [2.05, 4.69) is 20.8 Å². The molecule has 1 aromatic rings. The first-order valence-corrected chi connectivity index (χ1v) is 8.27. The summed E-state index contributed by atoms with van der Waals surface area (Å²) in [5.41, 5.74) is 2.08. The molecule has 0 aromatic carbocycles. The number of carbonyl (C=O) groups excluding carboxylic acids is 1. The van der Waals surface area contributed by atoms with Gasteiger partial charge in [-0.15, -0.1) is 24.0 Å². The van der Waals surface area contributed by atoms with E-state index < -0.39 is 0 Å². The Hall–Kier alpha value is -1.52. The average Bonchev–Trinajstić information content (AvgIpc) is 2.92. The molecule has 0 spiro atoms. The van der Waals surface area contributed by atoms with Gasteiger partial charge in [0.2, 0.25) is 0 Å². The number of halogens is 1. The standard InChI is InChI=1S/C16H27N5O3.HI/c1-11-14(12(2)24-20-11)5-8-18-15(17-3)19-13-6-9-21(10-7-13)16(22)23-4;/h13H,5-10H2,1-4H3,(H2,17,18,19);1H. The summed E-state index contributed by atoms with van der Waals surface area (Å²) in [4.78, 5) is 17.5. The van der Waals surface area contributed by atoms with E-state index in [0.29, 0.717) is 19.1 Å². The number of nitrogens with one attached hydrogen (secondary N) is 2. The predicted molar refractivity (Wildman–Crippen MR) is 107 cm³/mol. The van der Waals surface area contributed by atoms with E-state index in [0.717, 1.165) is 48.8 Å². The third kappa shape index (κ3) is 6.05. The highest BCUT2D eigenvalue weighted by molar-refractivity contribution is 14.0. The smallest absolute Gasteiger partial charge is 0.409 e. The molecule has 2 N–H and O–H groups in total. The summed E-state index contributed by atoms with van der Waals surface area (Å²) in [6.45, 7) is 6.02. The topological polar surface area (TPSA) is 92.0 Å². The second kappa shape index (κ2) is 10.5. The SMILES string of the molecule is CN=C(NCCc1c(C)noc1C)NC1CCN(C(=O)OC)CC1.I. The van der Waals surface area contributed by atoms with Crippen LogP contribution in [0.3, 0.4) is 0 Å². The minimum Gasteiger partial charge on any atom is -0.453 e. The molecule has 25 heavy (non-hydrogen) atoms. The number of likely N-dealkylation sites (tertiary alicyclic amines) is 1. The van der Waals surface area contributed by atoms with E-state index in [4.69, 9.17) is 9.26 Å². The Bertz CT molecular complexity index is 563. The van der Waals surface area contributed by atoms with Crippen molar-refractivity contribution in [3.8, 4) is 0 Å². The lowest BCUT2D eigenvalue weighted by molar-refractivity contribution is 0.111. The number of rotatable bonds is 4. The van der Waals surface area contributed by atoms with Gasteiger partial charge >= 0.3 is 6.09 Å². The highest BCUT2D eigenvalue weighted by Crippen LogP contribution is 2.13. The molecule has 1 saturated heterocycles. The number of guanidine groups is 1. The van der Waals surface area contributed by atoms with Gasteiger partial charge < -0.3 is 24.8 Å². The van der Waals surface area contributed by atoms with Gasteiger partial charge in [-0.05, 0) is 33.1 Å². The molecule has 0 bridgehead atoms. The number of amides is 1. The second-order valence-electron chi connectivity index (χ2n) is 5.93. The zero-order valence-electron chi connectivity index (χ0n) is 15.3. The number of nitrogens with zero attached hydrogens (tertiary/aromatic N) is 3. The Labute approximate surface area is 165 Å². The van der Waals surface area contributed by atoms with Crippen LogP contribution in [0.5, 0.6) is 0 Å². The van der Waals surface area contributed by atoms with Crippen LogP contribution < -0.4 is 10.6 Å². The zero-order valence-corrected chi connectivity index (χ0v) is 17.6. The summed E-state index contributed by atoms with van der Waals surface area (Å²) in [5, 5.41) is 10.7. The molecule has 1 aliphatic heterocycles. The molecule has 1 aromatic heterocycles. The normalized spacial score (nSPS) is 15.5. The van der Waals surface area contributed by atoms with Crippen molar-refractivity contribution in [3.05, 3.63) is 17.0 Å². The Morgan fingerprint density at radius 1 is 1.40 bits per heavy atom. The van der Waals surface area contributed by atoms with E-state index in [1.165, 1.54) is 7.11 Å². The number of aromatic nitrogens is 1. The molecule has 1 aliphatic rings. The number of aliphatic imine (C=N–C) groups is 1. The Balaban J connectivity index is 0.00000312. The molecule has 8 nitrogen and oxygen atoms in total. The number of piperidine rings is 1. The van der Waals surface area contributed by atoms with Crippen LogP contribution in [0.1, 0.15) is 29.9 Å². The fraction of sp³-hybridized carbons (Fsp3) is 0.688. The molecule has 1 fully saturated rings. The Morgan fingerprint density at radius 3 is 2.60 bits per heavy atom. The van der Waals surface area contributed by atoms with E-state index in [9.17, 15) is 4.79 Å². The highest BCUT2D eigenvalue weighted by Gasteiger charge is 2.23. The molecule has 0 unspecified atom stereocenters. The van der Waals surface area contributed by atoms with Gasteiger partial charge in [0.1, 0.15) is 5.76 Å². The van der Waals surface area contributed by atoms with Crippen LogP contribution in [-0.2, 0) is 11.2 Å². The average molecular weight is 465 g/mol. The fourth-order valence-corrected chi connectivity index (χ4v) is 2.89. The summed E-state index contributed by atoms with van der Waals surface area (Å²) in [6.07, 6.45) is 2.33. The lowest BCUT2D eigenvalue weighted by Gasteiger charge is -2.32. The van der Waals surface area contributed by atoms with Gasteiger partial charge in [0.25, 0.3) is 0 Å². The van der Waals surface area contributed by atoms with Crippen LogP contribution in [0.4, 0.5) is 4.79 Å². The van der Waals surface area contributed by atoms with Crippen LogP contribution in [-0.4, -0.2) is 61.9 Å². The van der Waals surface area contributed by atoms with Gasteiger partial charge in [0.05, 0.1) is 12.8 Å². The van der Waals surface area contributed by atoms with Gasteiger partial charge in [0.15, 0.2) is 5.96 Å². The third-order valence-corrected chi connectivity index (χ3v) is 4.34. The first-order valence-electron chi connectivity index (χ1n) is 8.27. The van der Waals surface area contributed by atoms with Crippen molar-refractivity contribution in [1.29, 1.82) is 0 Å². The monoisotopic (exact) mass is 465 g/mol. The maximum Gasteiger partial charge on any atom is 0.409 e. The number of methoxy groups -OCH3 is 1. The van der Waals surface area contributed by atoms with Gasteiger partial charge in [0, 0.05) is 38.3 Å². The molecule has 0 atom stereocenters. The minimum atomic E-state index is -0.254. The Kier molecular flexibility index (Phi) is 9.01. The second-order valence-corrected chi connectivity index (χ2v) is 5.93. The van der Waals surface area contributed by atoms with E-state index >= 15 is 0 Å². The number of hydrogen-bond acceptors (Lipinski definition) is 5. The molecule has 0 aliphatic carbocycles. The largest absolute Gasteiger partial charge is 0.453 e. The van der Waals surface area contributed by atoms with Crippen molar-refractivity contribution >= 4 is 36.0 Å². The van der Waals surface area contributed by atoms with Crippen molar-refractivity contribution < 1.29 is 14.1 Å². The lowest BCUT2D eigenvalue weighted by atomic mass is 10.1. The number of aryl methyl sites for hydroxylation is 2. The summed E-state index contributed by atoms with van der Waals surface area (Å²) < 4.78 is 9.93. The van der Waals surface area contributed by atoms with Crippen LogP contribution in [0.25, 0.3) is 0 Å². The fourth-order valence-electron chi connectivity index (χ4n) is 2.89. The molecule has 2 rings (SSSR count). The first-order chi connectivity index (χ1) is 11.5. The molecule has 0 saturated carbocycles. The van der Waals surface area contributed by atoms with Gasteiger partial charge in [-0.25, -0.2) is 4.79 Å². The maximum absolute atomic E-state index is 11.5. The molecule has 2 heterocycles. The third-order valence-electron chi connectivity index (χ3n) is 4.34. The summed E-state index contributed by atoms with van der Waals surface area (Å²) in [5.74, 6) is 1.64. The summed E-state index contributed by atoms with van der Waals surface area (Å²) in [7, 11) is 3.17. The number of carbonyl (C=O) groups is 1. The maximum atomic E-state index is 11.5. The van der Waals surface area contributed by atoms with Crippen molar-refractivity contribution in [1.82, 2.24) is 20.7 Å². The first kappa shape index (κ1) is 21.5. The summed E-state index contributed by atoms with van der Waals surface area (Å²) in [6, 6.07) is 0.302. The molecule has 1 amide bonds. The van der Waals surface area contributed by atoms with Crippen molar-refractivity contribution in [2.24, 2.45) is 4.99 Å². The van der Waals surface area contributed by atoms with Gasteiger partial charge in [-0.1, -0.05) is 5.16 Å². The zero-order chi connectivity index (χ0) is 17.5. The molecule has 9 heteroatoms. The van der Waals surface area contributed by atoms with E-state index in [-0.39, 0.29) is 30.1 Å². The number of hydrogen-bond donors (Lipinski definition) is 2. The highest BCUT2D eigenvalue weighted by atomic mass is 127. The van der Waals surface area contributed by atoms with Crippen LogP contribution >= 0.6 is 24.0 Å². The van der Waals surface area contributed by atoms with E-state index in [1.807, 2.05) is 13.8 Å². The minimum absolute atomic E-state index is 0. The van der Waals surface area contributed by atoms with E-state index in [1.54, 1.807) is 11.9 Å². The quantitative estimate of drug-likeness (QED) is 0.401. The van der Waals surface area contributed by atoms with Gasteiger partial charge in [-0.2, -0.15) is 0 Å². The number of ether oxygens (including phenoxy) is 1. The van der Waals surface area contributed by atoms with Crippen molar-refractivity contribution in [3.63, 3.8) is 0 Å². The summed E-state index contributed by atoms with van der Waals surface area (Å²) >= 11 is 0. The molecular formula is C16H28IN5O3. The van der Waals surface area contributed by atoms with Crippen LogP contribution in [0, 0.1) is 13.8 Å². The van der Waals surface area contributed by atoms with Crippen molar-refractivity contribution in [2.75, 3.05) is 33.8 Å². The molecule has 142 valence electrons. The predicted octanol–water partition coefficient (Wildman–Crippen LogP) is 1.85. The Morgan fingerprint density at radius 2 is 2.08 bits per heavy atom. The van der Waals surface area contributed by atoms with Gasteiger partial charge in [-0.3, -0.25) is 4.99 Å². The lowest BCUT2D eigenvalue weighted by Crippen LogP contribution is -2.50. The molecule has 0 radical (unpaired) electrons. The van der Waals surface area contributed by atoms with Crippen molar-refractivity contribution in [2.45, 2.75) is 39.2 Å². The van der Waals surface area contributed by atoms with Crippen LogP contribution in [0.2, 0.25) is 0 Å².